The van der Waals surface area contributed by atoms with E-state index < -0.39 is 12.0 Å². The van der Waals surface area contributed by atoms with Crippen molar-refractivity contribution in [3.63, 3.8) is 0 Å². The molecule has 0 spiro atoms. The molecule has 0 bridgehead atoms. The van der Waals surface area contributed by atoms with E-state index in [1.54, 1.807) is 0 Å². The van der Waals surface area contributed by atoms with E-state index in [1.807, 2.05) is 0 Å². The van der Waals surface area contributed by atoms with E-state index in [-0.39, 0.29) is 6.10 Å². The average molecular weight is 455 g/mol. The third-order valence-electron chi connectivity index (χ3n) is 11.2. The van der Waals surface area contributed by atoms with Crippen molar-refractivity contribution in [1.82, 2.24) is 0 Å². The maximum absolute atomic E-state index is 13.0. The van der Waals surface area contributed by atoms with Crippen molar-refractivity contribution in [2.75, 3.05) is 6.61 Å². The number of hydrogen-bond acceptors (Lipinski definition) is 2. The van der Waals surface area contributed by atoms with Crippen LogP contribution in [-0.4, -0.2) is 29.8 Å². The summed E-state index contributed by atoms with van der Waals surface area (Å²) in [6.45, 7) is 11.0. The molecule has 4 aliphatic rings. The molecule has 0 radical (unpaired) electrons. The molecule has 4 fully saturated rings. The lowest BCUT2D eigenvalue weighted by Crippen LogP contribution is -2.54. The van der Waals surface area contributed by atoms with Gasteiger partial charge in [-0.05, 0) is 131 Å². The van der Waals surface area contributed by atoms with Crippen molar-refractivity contribution in [2.24, 2.45) is 46.3 Å². The van der Waals surface area contributed by atoms with Crippen LogP contribution >= 0.6 is 0 Å². The number of aliphatic hydroxyl groups is 1. The van der Waals surface area contributed by atoms with Crippen molar-refractivity contribution >= 4 is 0 Å². The van der Waals surface area contributed by atoms with Gasteiger partial charge in [0.15, 0.2) is 0 Å². The van der Waals surface area contributed by atoms with Crippen LogP contribution in [0.25, 0.3) is 0 Å². The van der Waals surface area contributed by atoms with E-state index >= 15 is 0 Å². The highest BCUT2D eigenvalue weighted by Gasteiger charge is 2.60. The molecule has 186 valence electrons. The zero-order valence-electron chi connectivity index (χ0n) is 21.2. The van der Waals surface area contributed by atoms with Gasteiger partial charge >= 0.3 is 0 Å². The van der Waals surface area contributed by atoms with Gasteiger partial charge < -0.3 is 9.84 Å². The van der Waals surface area contributed by atoms with Crippen LogP contribution in [0.1, 0.15) is 105 Å². The summed E-state index contributed by atoms with van der Waals surface area (Å²) in [7, 11) is 0. The minimum atomic E-state index is -2.44. The summed E-state index contributed by atoms with van der Waals surface area (Å²) in [5.74, 6) is 4.70. The van der Waals surface area contributed by atoms with Gasteiger partial charge in [-0.1, -0.05) is 20.8 Å². The summed E-state index contributed by atoms with van der Waals surface area (Å²) in [6.07, 6.45) is 10.9. The monoisotopic (exact) mass is 454 g/mol. The van der Waals surface area contributed by atoms with Crippen molar-refractivity contribution < 1.29 is 18.6 Å². The lowest BCUT2D eigenvalue weighted by molar-refractivity contribution is -0.130. The topological polar surface area (TPSA) is 29.5 Å². The Hall–Kier alpha value is -0.220. The quantitative estimate of drug-likeness (QED) is 0.404. The Labute approximate surface area is 195 Å². The van der Waals surface area contributed by atoms with Crippen LogP contribution in [0.5, 0.6) is 0 Å². The van der Waals surface area contributed by atoms with E-state index in [0.29, 0.717) is 23.4 Å². The van der Waals surface area contributed by atoms with Gasteiger partial charge in [0.05, 0.1) is 6.10 Å². The largest absolute Gasteiger partial charge is 0.393 e. The first kappa shape index (κ1) is 24.9. The summed E-state index contributed by atoms with van der Waals surface area (Å²) in [5.41, 5.74) is -0.445. The van der Waals surface area contributed by atoms with E-state index in [0.717, 1.165) is 55.3 Å². The van der Waals surface area contributed by atoms with E-state index in [1.165, 1.54) is 58.8 Å². The number of rotatable bonds is 7. The van der Waals surface area contributed by atoms with Crippen LogP contribution in [0.4, 0.5) is 8.78 Å². The Balaban J connectivity index is 1.36. The summed E-state index contributed by atoms with van der Waals surface area (Å²) in [6, 6.07) is 0. The van der Waals surface area contributed by atoms with Gasteiger partial charge in [0.2, 0.25) is 0 Å². The maximum atomic E-state index is 13.0. The highest BCUT2D eigenvalue weighted by molar-refractivity contribution is 5.09. The van der Waals surface area contributed by atoms with Gasteiger partial charge in [0, 0.05) is 6.61 Å². The molecule has 4 saturated carbocycles. The van der Waals surface area contributed by atoms with Gasteiger partial charge in [0.1, 0.15) is 5.60 Å². The minimum absolute atomic E-state index is 0.0644. The normalized spacial score (nSPS) is 45.3. The summed E-state index contributed by atoms with van der Waals surface area (Å²) < 4.78 is 31.6. The first-order valence-electron chi connectivity index (χ1n) is 13.6. The molecule has 4 aliphatic carbocycles. The standard InChI is InChI=1S/C28H48F2O2/c1-18(7-6-16-32-26(2,3)25(29)30)22-10-11-23-21-9-8-19-17-20(31)12-14-27(19,4)24(21)13-15-28(22,23)5/h18-25,31H,6-17H2,1-5H3/t18-,19-,20-,21+,22-,23+,24+,27+,28-/m1/s1. The second kappa shape index (κ2) is 9.10. The van der Waals surface area contributed by atoms with Crippen LogP contribution in [-0.2, 0) is 4.74 Å². The molecule has 32 heavy (non-hydrogen) atoms. The SMILES string of the molecule is C[C@H](CCCOC(C)(C)C(F)F)[C@H]1CC[C@H]2[C@@H]3CC[C@@H]4C[C@H](O)CC[C@]4(C)[C@H]3CC[C@]12C. The number of halogens is 2. The lowest BCUT2D eigenvalue weighted by atomic mass is 9.44. The fourth-order valence-electron chi connectivity index (χ4n) is 9.22. The van der Waals surface area contributed by atoms with Gasteiger partial charge in [-0.25, -0.2) is 8.78 Å². The Morgan fingerprint density at radius 2 is 1.66 bits per heavy atom. The molecule has 2 nitrogen and oxygen atoms in total. The zero-order valence-corrected chi connectivity index (χ0v) is 21.2. The molecule has 0 saturated heterocycles. The first-order valence-corrected chi connectivity index (χ1v) is 13.6. The maximum Gasteiger partial charge on any atom is 0.266 e. The average Bonchev–Trinajstić information content (AvgIpc) is 3.09. The zero-order chi connectivity index (χ0) is 23.3. The summed E-state index contributed by atoms with van der Waals surface area (Å²) >= 11 is 0. The van der Waals surface area contributed by atoms with E-state index in [4.69, 9.17) is 4.74 Å². The van der Waals surface area contributed by atoms with Gasteiger partial charge in [-0.15, -0.1) is 0 Å². The molecular weight excluding hydrogens is 406 g/mol. The molecule has 0 amide bonds. The van der Waals surface area contributed by atoms with Crippen LogP contribution in [0.15, 0.2) is 0 Å². The van der Waals surface area contributed by atoms with Crippen LogP contribution in [0, 0.1) is 46.3 Å². The van der Waals surface area contributed by atoms with Crippen LogP contribution in [0.2, 0.25) is 0 Å². The predicted molar refractivity (Wildman–Crippen MR) is 126 cm³/mol. The number of ether oxygens (including phenoxy) is 1. The van der Waals surface area contributed by atoms with Gasteiger partial charge in [-0.3, -0.25) is 0 Å². The van der Waals surface area contributed by atoms with Gasteiger partial charge in [0.25, 0.3) is 6.43 Å². The van der Waals surface area contributed by atoms with Crippen LogP contribution < -0.4 is 0 Å². The molecular formula is C28H48F2O2. The van der Waals surface area contributed by atoms with Gasteiger partial charge in [-0.2, -0.15) is 0 Å². The molecule has 0 aromatic carbocycles. The fourth-order valence-corrected chi connectivity index (χ4v) is 9.22. The highest BCUT2D eigenvalue weighted by atomic mass is 19.3. The molecule has 0 unspecified atom stereocenters. The molecule has 0 aliphatic heterocycles. The van der Waals surface area contributed by atoms with E-state index in [2.05, 4.69) is 20.8 Å². The molecule has 0 aromatic heterocycles. The third-order valence-corrected chi connectivity index (χ3v) is 11.2. The second-order valence-corrected chi connectivity index (χ2v) is 13.2. The summed E-state index contributed by atoms with van der Waals surface area (Å²) in [5, 5.41) is 10.3. The predicted octanol–water partition coefficient (Wildman–Crippen LogP) is 7.48. The Bertz CT molecular complexity index is 651. The van der Waals surface area contributed by atoms with Crippen molar-refractivity contribution in [2.45, 2.75) is 123 Å². The number of alkyl halides is 2. The molecule has 9 atom stereocenters. The minimum Gasteiger partial charge on any atom is -0.393 e. The summed E-state index contributed by atoms with van der Waals surface area (Å²) in [4.78, 5) is 0. The molecule has 0 heterocycles. The molecule has 1 N–H and O–H groups in total. The fraction of sp³-hybridized carbons (Fsp3) is 1.00. The first-order chi connectivity index (χ1) is 15.0. The molecule has 0 aromatic rings. The van der Waals surface area contributed by atoms with E-state index in [9.17, 15) is 13.9 Å². The number of hydrogen-bond donors (Lipinski definition) is 1. The Kier molecular flexibility index (Phi) is 7.08. The van der Waals surface area contributed by atoms with Crippen LogP contribution in [0.3, 0.4) is 0 Å². The molecule has 4 heteroatoms. The van der Waals surface area contributed by atoms with Crippen molar-refractivity contribution in [1.29, 1.82) is 0 Å². The Morgan fingerprint density at radius 1 is 0.969 bits per heavy atom. The molecule has 4 rings (SSSR count). The van der Waals surface area contributed by atoms with Crippen molar-refractivity contribution in [3.8, 4) is 0 Å². The second-order valence-electron chi connectivity index (χ2n) is 13.2. The number of aliphatic hydroxyl groups excluding tert-OH is 1. The number of fused-ring (bicyclic) bond motifs is 5. The Morgan fingerprint density at radius 3 is 2.38 bits per heavy atom. The smallest absolute Gasteiger partial charge is 0.266 e. The highest BCUT2D eigenvalue weighted by Crippen LogP contribution is 2.68. The third kappa shape index (κ3) is 4.30. The lowest BCUT2D eigenvalue weighted by Gasteiger charge is -2.61. The van der Waals surface area contributed by atoms with Crippen molar-refractivity contribution in [3.05, 3.63) is 0 Å².